The number of nitrogens with zero attached hydrogens (tertiary/aromatic N) is 1. The van der Waals surface area contributed by atoms with Gasteiger partial charge in [0.05, 0.1) is 11.6 Å². The zero-order valence-electron chi connectivity index (χ0n) is 15.7. The van der Waals surface area contributed by atoms with Crippen LogP contribution in [-0.4, -0.2) is 29.7 Å². The molecule has 1 spiro atoms. The summed E-state index contributed by atoms with van der Waals surface area (Å²) in [5, 5.41) is 0. The number of benzene rings is 2. The minimum Gasteiger partial charge on any atom is -0.445 e. The summed E-state index contributed by atoms with van der Waals surface area (Å²) in [6.45, 7) is 1.81. The van der Waals surface area contributed by atoms with Gasteiger partial charge in [0.1, 0.15) is 6.61 Å². The van der Waals surface area contributed by atoms with Crippen molar-refractivity contribution in [1.82, 2.24) is 4.90 Å². The van der Waals surface area contributed by atoms with Crippen LogP contribution in [0.5, 0.6) is 0 Å². The van der Waals surface area contributed by atoms with Gasteiger partial charge in [-0.25, -0.2) is 4.79 Å². The Kier molecular flexibility index (Phi) is 5.44. The molecule has 0 saturated carbocycles. The summed E-state index contributed by atoms with van der Waals surface area (Å²) in [6, 6.07) is 20.1. The van der Waals surface area contributed by atoms with Gasteiger partial charge >= 0.3 is 6.09 Å². The Morgan fingerprint density at radius 3 is 2.48 bits per heavy atom. The van der Waals surface area contributed by atoms with Gasteiger partial charge in [0.2, 0.25) is 0 Å². The Morgan fingerprint density at radius 2 is 1.78 bits per heavy atom. The van der Waals surface area contributed by atoms with Crippen LogP contribution < -0.4 is 0 Å². The van der Waals surface area contributed by atoms with E-state index >= 15 is 0 Å². The van der Waals surface area contributed by atoms with Crippen LogP contribution in [0.3, 0.4) is 0 Å². The number of carbonyl (C=O) groups is 1. The van der Waals surface area contributed by atoms with E-state index in [0.717, 1.165) is 43.4 Å². The van der Waals surface area contributed by atoms with E-state index in [9.17, 15) is 4.79 Å². The molecule has 0 N–H and O–H groups in total. The minimum absolute atomic E-state index is 0.00123. The molecule has 2 saturated heterocycles. The minimum atomic E-state index is -0.238. The third-order valence-electron chi connectivity index (χ3n) is 5.81. The number of ether oxygens (including phenoxy) is 2. The third kappa shape index (κ3) is 4.16. The Labute approximate surface area is 161 Å². The van der Waals surface area contributed by atoms with Crippen LogP contribution in [0.4, 0.5) is 4.79 Å². The molecule has 4 nitrogen and oxygen atoms in total. The molecule has 2 heterocycles. The number of hydrogen-bond acceptors (Lipinski definition) is 3. The molecule has 2 aliphatic heterocycles. The zero-order chi connectivity index (χ0) is 18.5. The molecular formula is C23H27NO3. The first-order chi connectivity index (χ1) is 13.3. The van der Waals surface area contributed by atoms with Crippen LogP contribution in [0.2, 0.25) is 0 Å². The fourth-order valence-corrected chi connectivity index (χ4v) is 4.31. The first-order valence-electron chi connectivity index (χ1n) is 9.92. The van der Waals surface area contributed by atoms with Crippen LogP contribution in [0.15, 0.2) is 60.7 Å². The Bertz CT molecular complexity index is 741. The van der Waals surface area contributed by atoms with Gasteiger partial charge in [0.25, 0.3) is 0 Å². The largest absolute Gasteiger partial charge is 0.445 e. The molecule has 4 rings (SSSR count). The normalized spacial score (nSPS) is 25.3. The number of rotatable bonds is 3. The van der Waals surface area contributed by atoms with Crippen molar-refractivity contribution < 1.29 is 14.3 Å². The monoisotopic (exact) mass is 365 g/mol. The van der Waals surface area contributed by atoms with E-state index in [1.54, 1.807) is 0 Å². The molecule has 2 aromatic rings. The lowest BCUT2D eigenvalue weighted by Gasteiger charge is -2.47. The molecule has 2 aliphatic rings. The maximum atomic E-state index is 12.9. The molecule has 0 aliphatic carbocycles. The third-order valence-corrected chi connectivity index (χ3v) is 5.81. The molecule has 4 heteroatoms. The van der Waals surface area contributed by atoms with Crippen LogP contribution in [0.25, 0.3) is 0 Å². The fraction of sp³-hybridized carbons (Fsp3) is 0.435. The predicted molar refractivity (Wildman–Crippen MR) is 104 cm³/mol. The van der Waals surface area contributed by atoms with E-state index < -0.39 is 0 Å². The molecule has 2 fully saturated rings. The van der Waals surface area contributed by atoms with E-state index in [4.69, 9.17) is 9.47 Å². The number of hydrogen-bond donors (Lipinski definition) is 0. The number of likely N-dealkylation sites (tertiary alicyclic amines) is 1. The summed E-state index contributed by atoms with van der Waals surface area (Å²) in [7, 11) is 0. The Hall–Kier alpha value is -2.33. The molecule has 142 valence electrons. The van der Waals surface area contributed by atoms with Crippen molar-refractivity contribution in [1.29, 1.82) is 0 Å². The van der Waals surface area contributed by atoms with E-state index in [-0.39, 0.29) is 17.7 Å². The number of carbonyl (C=O) groups excluding carboxylic acids is 1. The molecule has 27 heavy (non-hydrogen) atoms. The van der Waals surface area contributed by atoms with Crippen LogP contribution in [-0.2, 0) is 16.1 Å². The van der Waals surface area contributed by atoms with Crippen molar-refractivity contribution in [3.63, 3.8) is 0 Å². The highest BCUT2D eigenvalue weighted by atomic mass is 16.6. The standard InChI is InChI=1S/C23H27NO3/c25-22(26-18-19-9-3-1-4-10-19)24-15-14-23(13-7-8-16-27-23)17-21(24)20-11-5-2-6-12-20/h1-6,9-12,21H,7-8,13-18H2/t21-,23-/m0/s1. The van der Waals surface area contributed by atoms with Gasteiger partial charge in [-0.05, 0) is 36.8 Å². The lowest BCUT2D eigenvalue weighted by Crippen LogP contribution is -2.51. The maximum absolute atomic E-state index is 12.9. The first-order valence-corrected chi connectivity index (χ1v) is 9.92. The van der Waals surface area contributed by atoms with Crippen LogP contribution in [0.1, 0.15) is 49.3 Å². The Morgan fingerprint density at radius 1 is 1.04 bits per heavy atom. The zero-order valence-corrected chi connectivity index (χ0v) is 15.7. The summed E-state index contributed by atoms with van der Waals surface area (Å²) in [4.78, 5) is 14.8. The van der Waals surface area contributed by atoms with Gasteiger partial charge in [-0.15, -0.1) is 0 Å². The highest BCUT2D eigenvalue weighted by Crippen LogP contribution is 2.43. The van der Waals surface area contributed by atoms with E-state index in [1.807, 2.05) is 53.4 Å². The summed E-state index contributed by atoms with van der Waals surface area (Å²) in [5.41, 5.74) is 2.07. The second kappa shape index (κ2) is 8.13. The summed E-state index contributed by atoms with van der Waals surface area (Å²) in [6.07, 6.45) is 4.93. The lowest BCUT2D eigenvalue weighted by molar-refractivity contribution is -0.122. The lowest BCUT2D eigenvalue weighted by atomic mass is 9.79. The van der Waals surface area contributed by atoms with Gasteiger partial charge < -0.3 is 14.4 Å². The highest BCUT2D eigenvalue weighted by molar-refractivity contribution is 5.68. The second-order valence-corrected chi connectivity index (χ2v) is 7.60. The molecule has 2 atom stereocenters. The maximum Gasteiger partial charge on any atom is 0.410 e. The van der Waals surface area contributed by atoms with Crippen LogP contribution in [0, 0.1) is 0 Å². The smallest absolute Gasteiger partial charge is 0.410 e. The molecule has 0 unspecified atom stereocenters. The van der Waals surface area contributed by atoms with Gasteiger partial charge in [-0.3, -0.25) is 0 Å². The van der Waals surface area contributed by atoms with Crippen molar-refractivity contribution >= 4 is 6.09 Å². The van der Waals surface area contributed by atoms with Gasteiger partial charge in [-0.1, -0.05) is 60.7 Å². The topological polar surface area (TPSA) is 38.8 Å². The Balaban J connectivity index is 1.50. The molecule has 2 aromatic carbocycles. The molecular weight excluding hydrogens is 338 g/mol. The van der Waals surface area contributed by atoms with Crippen molar-refractivity contribution in [3.8, 4) is 0 Å². The average Bonchev–Trinajstić information content (AvgIpc) is 2.74. The van der Waals surface area contributed by atoms with Crippen molar-refractivity contribution in [2.75, 3.05) is 13.2 Å². The average molecular weight is 365 g/mol. The number of piperidine rings is 1. The molecule has 0 radical (unpaired) electrons. The van der Waals surface area contributed by atoms with Gasteiger partial charge in [-0.2, -0.15) is 0 Å². The molecule has 0 aromatic heterocycles. The van der Waals surface area contributed by atoms with Crippen molar-refractivity contribution in [2.24, 2.45) is 0 Å². The van der Waals surface area contributed by atoms with Gasteiger partial charge in [0.15, 0.2) is 0 Å². The SMILES string of the molecule is O=C(OCc1ccccc1)N1CC[C@@]2(CCCCO2)C[C@H]1c1ccccc1. The van der Waals surface area contributed by atoms with Crippen molar-refractivity contribution in [2.45, 2.75) is 50.4 Å². The summed E-state index contributed by atoms with van der Waals surface area (Å²) < 4.78 is 11.9. The number of amides is 1. The first kappa shape index (κ1) is 18.1. The van der Waals surface area contributed by atoms with E-state index in [1.165, 1.54) is 6.42 Å². The fourth-order valence-electron chi connectivity index (χ4n) is 4.31. The second-order valence-electron chi connectivity index (χ2n) is 7.60. The van der Waals surface area contributed by atoms with Crippen LogP contribution >= 0.6 is 0 Å². The molecule has 0 bridgehead atoms. The van der Waals surface area contributed by atoms with E-state index in [0.29, 0.717) is 13.2 Å². The predicted octanol–water partition coefficient (Wildman–Crippen LogP) is 5.10. The quantitative estimate of drug-likeness (QED) is 0.760. The van der Waals surface area contributed by atoms with Crippen molar-refractivity contribution in [3.05, 3.63) is 71.8 Å². The highest BCUT2D eigenvalue weighted by Gasteiger charge is 2.44. The molecule has 1 amide bonds. The summed E-state index contributed by atoms with van der Waals surface area (Å²) >= 11 is 0. The van der Waals surface area contributed by atoms with E-state index in [2.05, 4.69) is 12.1 Å². The summed E-state index contributed by atoms with van der Waals surface area (Å²) in [5.74, 6) is 0. The van der Waals surface area contributed by atoms with Gasteiger partial charge in [0, 0.05) is 19.6 Å².